The van der Waals surface area contributed by atoms with Gasteiger partial charge in [-0.25, -0.2) is 4.79 Å². The number of carbonyl (C=O) groups is 2. The number of hydroxylamine groups is 2. The predicted molar refractivity (Wildman–Crippen MR) is 89.2 cm³/mol. The monoisotopic (exact) mass is 335 g/mol. The van der Waals surface area contributed by atoms with Gasteiger partial charge in [0.2, 0.25) is 0 Å². The predicted octanol–water partition coefficient (Wildman–Crippen LogP) is 2.86. The molecule has 6 heteroatoms. The van der Waals surface area contributed by atoms with E-state index in [1.807, 2.05) is 0 Å². The number of rotatable bonds is 5. The molecule has 0 saturated carbocycles. The van der Waals surface area contributed by atoms with Crippen LogP contribution in [0.4, 0.5) is 0 Å². The molecule has 1 aliphatic rings. The maximum absolute atomic E-state index is 12.9. The number of hydrogen-bond donors (Lipinski definition) is 0. The zero-order valence-electron chi connectivity index (χ0n) is 14.9. The quantitative estimate of drug-likeness (QED) is 0.771. The summed E-state index contributed by atoms with van der Waals surface area (Å²) < 4.78 is 10.4. The second-order valence-electron chi connectivity index (χ2n) is 6.89. The number of ether oxygens (including phenoxy) is 2. The molecule has 1 saturated heterocycles. The molecule has 0 radical (unpaired) electrons. The summed E-state index contributed by atoms with van der Waals surface area (Å²) >= 11 is 0. The van der Waals surface area contributed by atoms with Gasteiger partial charge in [-0.05, 0) is 45.7 Å². The van der Waals surface area contributed by atoms with Gasteiger partial charge in [0, 0.05) is 18.2 Å². The number of methoxy groups -OCH3 is 2. The first kappa shape index (κ1) is 18.3. The van der Waals surface area contributed by atoms with E-state index in [4.69, 9.17) is 14.3 Å². The summed E-state index contributed by atoms with van der Waals surface area (Å²) in [7, 11) is 3.08. The highest BCUT2D eigenvalue weighted by Crippen LogP contribution is 2.28. The van der Waals surface area contributed by atoms with E-state index >= 15 is 0 Å². The van der Waals surface area contributed by atoms with Crippen LogP contribution >= 0.6 is 0 Å². The number of hydrogen-bond acceptors (Lipinski definition) is 6. The van der Waals surface area contributed by atoms with E-state index in [0.29, 0.717) is 30.0 Å². The van der Waals surface area contributed by atoms with Crippen LogP contribution in [-0.2, 0) is 9.63 Å². The van der Waals surface area contributed by atoms with Gasteiger partial charge in [0.05, 0.1) is 19.6 Å². The molecule has 1 aromatic rings. The minimum absolute atomic E-state index is 0.105. The lowest BCUT2D eigenvalue weighted by molar-refractivity contribution is -0.200. The van der Waals surface area contributed by atoms with E-state index in [0.717, 1.165) is 6.42 Å². The van der Waals surface area contributed by atoms with Crippen molar-refractivity contribution in [3.63, 3.8) is 0 Å². The van der Waals surface area contributed by atoms with Crippen LogP contribution < -0.4 is 9.47 Å². The van der Waals surface area contributed by atoms with Crippen molar-refractivity contribution in [3.8, 4) is 11.5 Å². The fourth-order valence-corrected chi connectivity index (χ4v) is 2.50. The summed E-state index contributed by atoms with van der Waals surface area (Å²) in [6.07, 6.45) is 1.45. The number of benzene rings is 1. The van der Waals surface area contributed by atoms with Crippen LogP contribution in [0.3, 0.4) is 0 Å². The Balaban J connectivity index is 2.20. The van der Waals surface area contributed by atoms with E-state index in [9.17, 15) is 9.59 Å². The highest BCUT2D eigenvalue weighted by Gasteiger charge is 2.36. The third-order valence-corrected chi connectivity index (χ3v) is 3.95. The molecule has 1 aliphatic heterocycles. The van der Waals surface area contributed by atoms with Crippen LogP contribution in [0.5, 0.6) is 11.5 Å². The van der Waals surface area contributed by atoms with Gasteiger partial charge >= 0.3 is 5.97 Å². The number of Topliss-reactive ketones (excluding diaryl/α,β-unsaturated/α-hetero) is 1. The van der Waals surface area contributed by atoms with E-state index in [1.165, 1.54) is 19.3 Å². The molecule has 6 nitrogen and oxygen atoms in total. The Morgan fingerprint density at radius 1 is 1.08 bits per heavy atom. The van der Waals surface area contributed by atoms with Crippen LogP contribution in [0.1, 0.15) is 44.0 Å². The first-order valence-corrected chi connectivity index (χ1v) is 8.02. The lowest BCUT2D eigenvalue weighted by Crippen LogP contribution is -2.40. The fourth-order valence-electron chi connectivity index (χ4n) is 2.50. The molecule has 1 heterocycles. The number of nitrogens with zero attached hydrogens (tertiary/aromatic N) is 1. The summed E-state index contributed by atoms with van der Waals surface area (Å²) in [4.78, 5) is 30.4. The highest BCUT2D eigenvalue weighted by molar-refractivity contribution is 6.01. The first-order chi connectivity index (χ1) is 11.3. The Hall–Kier alpha value is -2.08. The van der Waals surface area contributed by atoms with Crippen molar-refractivity contribution in [1.29, 1.82) is 0 Å². The fraction of sp³-hybridized carbons (Fsp3) is 0.556. The van der Waals surface area contributed by atoms with Crippen LogP contribution in [0, 0.1) is 5.41 Å². The molecule has 0 bridgehead atoms. The van der Waals surface area contributed by atoms with Crippen molar-refractivity contribution in [2.75, 3.05) is 20.8 Å². The van der Waals surface area contributed by atoms with Gasteiger partial charge in [0.25, 0.3) is 0 Å². The van der Waals surface area contributed by atoms with Crippen molar-refractivity contribution in [1.82, 2.24) is 5.06 Å². The van der Waals surface area contributed by atoms with E-state index in [-0.39, 0.29) is 11.8 Å². The molecule has 0 N–H and O–H groups in total. The second-order valence-corrected chi connectivity index (χ2v) is 6.89. The zero-order chi connectivity index (χ0) is 17.9. The Kier molecular flexibility index (Phi) is 5.49. The molecular weight excluding hydrogens is 310 g/mol. The topological polar surface area (TPSA) is 65.1 Å². The lowest BCUT2D eigenvalue weighted by atomic mass is 9.98. The van der Waals surface area contributed by atoms with Gasteiger partial charge < -0.3 is 14.3 Å². The highest BCUT2D eigenvalue weighted by atomic mass is 16.7. The molecule has 0 aromatic heterocycles. The van der Waals surface area contributed by atoms with Crippen LogP contribution in [0.15, 0.2) is 18.2 Å². The maximum atomic E-state index is 12.9. The minimum atomic E-state index is -0.616. The molecular formula is C18H25NO5. The molecule has 0 spiro atoms. The van der Waals surface area contributed by atoms with Crippen LogP contribution in [0.25, 0.3) is 0 Å². The Morgan fingerprint density at radius 3 is 2.17 bits per heavy atom. The van der Waals surface area contributed by atoms with E-state index in [1.54, 1.807) is 39.0 Å². The molecule has 1 atom stereocenters. The number of carbonyl (C=O) groups excluding carboxylic acids is 2. The molecule has 0 aliphatic carbocycles. The average Bonchev–Trinajstić information content (AvgIpc) is 3.00. The van der Waals surface area contributed by atoms with Crippen molar-refractivity contribution < 1.29 is 23.9 Å². The third kappa shape index (κ3) is 4.06. The Labute approximate surface area is 142 Å². The lowest BCUT2D eigenvalue weighted by Gasteiger charge is -2.26. The molecule has 0 unspecified atom stereocenters. The first-order valence-electron chi connectivity index (χ1n) is 8.02. The summed E-state index contributed by atoms with van der Waals surface area (Å²) in [6, 6.07) is 4.58. The SMILES string of the molecule is COc1cc(OC)cc(C(=O)[C@H]2CCCN2OC(=O)C(C)(C)C)c1. The van der Waals surface area contributed by atoms with Crippen molar-refractivity contribution in [2.24, 2.45) is 5.41 Å². The maximum Gasteiger partial charge on any atom is 0.330 e. The second kappa shape index (κ2) is 7.21. The molecule has 0 amide bonds. The van der Waals surface area contributed by atoms with Gasteiger partial charge in [0.1, 0.15) is 17.5 Å². The summed E-state index contributed by atoms with van der Waals surface area (Å²) in [5, 5.41) is 1.50. The minimum Gasteiger partial charge on any atom is -0.497 e. The van der Waals surface area contributed by atoms with Gasteiger partial charge in [-0.3, -0.25) is 4.79 Å². The third-order valence-electron chi connectivity index (χ3n) is 3.95. The summed E-state index contributed by atoms with van der Waals surface area (Å²) in [5.74, 6) is 0.652. The molecule has 132 valence electrons. The largest absolute Gasteiger partial charge is 0.497 e. The van der Waals surface area contributed by atoms with Gasteiger partial charge in [-0.1, -0.05) is 0 Å². The zero-order valence-corrected chi connectivity index (χ0v) is 14.9. The van der Waals surface area contributed by atoms with Crippen molar-refractivity contribution in [3.05, 3.63) is 23.8 Å². The smallest absolute Gasteiger partial charge is 0.330 e. The average molecular weight is 335 g/mol. The normalized spacial score (nSPS) is 18.3. The molecule has 1 aromatic carbocycles. The van der Waals surface area contributed by atoms with Crippen molar-refractivity contribution in [2.45, 2.75) is 39.7 Å². The van der Waals surface area contributed by atoms with Crippen molar-refractivity contribution >= 4 is 11.8 Å². The van der Waals surface area contributed by atoms with Crippen LogP contribution in [0.2, 0.25) is 0 Å². The Morgan fingerprint density at radius 2 is 1.67 bits per heavy atom. The van der Waals surface area contributed by atoms with Crippen LogP contribution in [-0.4, -0.2) is 43.6 Å². The molecule has 1 fully saturated rings. The van der Waals surface area contributed by atoms with Gasteiger partial charge in [-0.2, -0.15) is 0 Å². The van der Waals surface area contributed by atoms with Gasteiger partial charge in [-0.15, -0.1) is 5.06 Å². The Bertz CT molecular complexity index is 598. The standard InChI is InChI=1S/C18H25NO5/c1-18(2,3)17(21)24-19-8-6-7-15(19)16(20)12-9-13(22-4)11-14(10-12)23-5/h9-11,15H,6-8H2,1-5H3/t15-/m1/s1. The summed E-state index contributed by atoms with van der Waals surface area (Å²) in [5.41, 5.74) is -0.134. The van der Waals surface area contributed by atoms with E-state index in [2.05, 4.69) is 0 Å². The van der Waals surface area contributed by atoms with E-state index < -0.39 is 11.5 Å². The molecule has 2 rings (SSSR count). The van der Waals surface area contributed by atoms with Gasteiger partial charge in [0.15, 0.2) is 5.78 Å². The number of ketones is 1. The summed E-state index contributed by atoms with van der Waals surface area (Å²) in [6.45, 7) is 5.92. The molecule has 24 heavy (non-hydrogen) atoms.